The lowest BCUT2D eigenvalue weighted by Gasteiger charge is -2.26. The number of hydrogen-bond acceptors (Lipinski definition) is 7. The number of aliphatic hydroxyl groups excluding tert-OH is 1. The third-order valence-corrected chi connectivity index (χ3v) is 6.69. The number of carbonyl (C=O) groups excluding carboxylic acids is 2. The van der Waals surface area contributed by atoms with Gasteiger partial charge in [0, 0.05) is 43.5 Å². The summed E-state index contributed by atoms with van der Waals surface area (Å²) in [4.78, 5) is 30.5. The van der Waals surface area contributed by atoms with Crippen LogP contribution in [-0.4, -0.2) is 51.7 Å². The van der Waals surface area contributed by atoms with Crippen molar-refractivity contribution in [2.24, 2.45) is 0 Å². The first-order chi connectivity index (χ1) is 18.7. The summed E-state index contributed by atoms with van der Waals surface area (Å²) < 4.78 is 16.6. The SMILES string of the molecule is CCCOc1ccc(/C(O)=C2\C(=O)C(=O)N(c3cc(OC)cc(OC)c3)C2c2ccc(N(C)C)cc2)cc1C. The highest BCUT2D eigenvalue weighted by molar-refractivity contribution is 6.51. The minimum absolute atomic E-state index is 0.000941. The lowest BCUT2D eigenvalue weighted by Crippen LogP contribution is -2.29. The van der Waals surface area contributed by atoms with Crippen LogP contribution >= 0.6 is 0 Å². The zero-order valence-electron chi connectivity index (χ0n) is 23.1. The maximum absolute atomic E-state index is 13.6. The molecule has 4 rings (SSSR count). The average Bonchev–Trinajstić information content (AvgIpc) is 3.21. The number of ketones is 1. The Balaban J connectivity index is 1.91. The van der Waals surface area contributed by atoms with E-state index in [0.717, 1.165) is 17.7 Å². The topological polar surface area (TPSA) is 88.5 Å². The summed E-state index contributed by atoms with van der Waals surface area (Å²) in [5.74, 6) is -0.156. The molecule has 3 aromatic carbocycles. The summed E-state index contributed by atoms with van der Waals surface area (Å²) in [6.45, 7) is 4.47. The average molecular weight is 531 g/mol. The van der Waals surface area contributed by atoms with Gasteiger partial charge in [-0.25, -0.2) is 0 Å². The highest BCUT2D eigenvalue weighted by Crippen LogP contribution is 2.44. The molecule has 1 heterocycles. The molecule has 0 radical (unpaired) electrons. The van der Waals surface area contributed by atoms with Gasteiger partial charge in [-0.1, -0.05) is 19.1 Å². The molecule has 39 heavy (non-hydrogen) atoms. The molecule has 1 N–H and O–H groups in total. The smallest absolute Gasteiger partial charge is 0.300 e. The maximum atomic E-state index is 13.6. The van der Waals surface area contributed by atoms with Gasteiger partial charge in [-0.3, -0.25) is 14.5 Å². The van der Waals surface area contributed by atoms with Crippen LogP contribution in [0, 0.1) is 6.92 Å². The number of benzene rings is 3. The summed E-state index contributed by atoms with van der Waals surface area (Å²) in [5.41, 5.74) is 3.27. The van der Waals surface area contributed by atoms with E-state index in [1.165, 1.54) is 19.1 Å². The van der Waals surface area contributed by atoms with Crippen LogP contribution in [0.2, 0.25) is 0 Å². The van der Waals surface area contributed by atoms with Crippen LogP contribution in [0.1, 0.15) is 36.1 Å². The van der Waals surface area contributed by atoms with Crippen molar-refractivity contribution in [3.8, 4) is 17.2 Å². The molecule has 0 aromatic heterocycles. The zero-order valence-corrected chi connectivity index (χ0v) is 23.1. The molecule has 0 aliphatic carbocycles. The van der Waals surface area contributed by atoms with Gasteiger partial charge in [0.2, 0.25) is 0 Å². The summed E-state index contributed by atoms with van der Waals surface area (Å²) >= 11 is 0. The molecular formula is C31H34N2O6. The van der Waals surface area contributed by atoms with E-state index in [2.05, 4.69) is 0 Å². The summed E-state index contributed by atoms with van der Waals surface area (Å²) in [5, 5.41) is 11.5. The number of anilines is 2. The van der Waals surface area contributed by atoms with Crippen LogP contribution in [0.25, 0.3) is 5.76 Å². The van der Waals surface area contributed by atoms with Crippen LogP contribution in [0.5, 0.6) is 17.2 Å². The minimum Gasteiger partial charge on any atom is -0.507 e. The fourth-order valence-electron chi connectivity index (χ4n) is 4.63. The third kappa shape index (κ3) is 5.41. The van der Waals surface area contributed by atoms with Crippen molar-refractivity contribution in [2.45, 2.75) is 26.3 Å². The first-order valence-electron chi connectivity index (χ1n) is 12.7. The summed E-state index contributed by atoms with van der Waals surface area (Å²) in [6, 6.07) is 16.9. The van der Waals surface area contributed by atoms with Gasteiger partial charge in [-0.05, 0) is 54.8 Å². The number of Topliss-reactive ketones (excluding diaryl/α,β-unsaturated/α-hetero) is 1. The summed E-state index contributed by atoms with van der Waals surface area (Å²) in [7, 11) is 6.89. The maximum Gasteiger partial charge on any atom is 0.300 e. The quantitative estimate of drug-likeness (QED) is 0.222. The van der Waals surface area contributed by atoms with Crippen molar-refractivity contribution < 1.29 is 28.9 Å². The van der Waals surface area contributed by atoms with E-state index in [4.69, 9.17) is 14.2 Å². The van der Waals surface area contributed by atoms with Crippen LogP contribution in [0.3, 0.4) is 0 Å². The number of hydrogen-bond donors (Lipinski definition) is 1. The highest BCUT2D eigenvalue weighted by Gasteiger charge is 2.47. The van der Waals surface area contributed by atoms with Crippen LogP contribution in [0.4, 0.5) is 11.4 Å². The molecule has 8 heteroatoms. The Kier molecular flexibility index (Phi) is 8.14. The fraction of sp³-hybridized carbons (Fsp3) is 0.290. The predicted molar refractivity (Wildman–Crippen MR) is 152 cm³/mol. The van der Waals surface area contributed by atoms with E-state index in [9.17, 15) is 14.7 Å². The molecule has 1 unspecified atom stereocenters. The molecule has 3 aromatic rings. The van der Waals surface area contributed by atoms with Crippen molar-refractivity contribution in [1.29, 1.82) is 0 Å². The first kappa shape index (κ1) is 27.6. The highest BCUT2D eigenvalue weighted by atomic mass is 16.5. The number of carbonyl (C=O) groups is 2. The van der Waals surface area contributed by atoms with Crippen molar-refractivity contribution >= 4 is 28.8 Å². The Morgan fingerprint density at radius 2 is 1.59 bits per heavy atom. The Bertz CT molecular complexity index is 1390. The van der Waals surface area contributed by atoms with Gasteiger partial charge in [-0.2, -0.15) is 0 Å². The number of methoxy groups -OCH3 is 2. The van der Waals surface area contributed by atoms with E-state index in [1.54, 1.807) is 36.4 Å². The number of aliphatic hydroxyl groups is 1. The van der Waals surface area contributed by atoms with Gasteiger partial charge in [0.1, 0.15) is 23.0 Å². The zero-order chi connectivity index (χ0) is 28.3. The van der Waals surface area contributed by atoms with E-state index >= 15 is 0 Å². The van der Waals surface area contributed by atoms with E-state index in [1.807, 2.05) is 57.1 Å². The fourth-order valence-corrected chi connectivity index (χ4v) is 4.63. The van der Waals surface area contributed by atoms with Gasteiger partial charge < -0.3 is 24.2 Å². The Labute approximate surface area is 229 Å². The third-order valence-electron chi connectivity index (χ3n) is 6.69. The van der Waals surface area contributed by atoms with Gasteiger partial charge in [0.05, 0.1) is 38.1 Å². The van der Waals surface area contributed by atoms with Crippen molar-refractivity contribution in [2.75, 3.05) is 44.7 Å². The Morgan fingerprint density at radius 1 is 0.949 bits per heavy atom. The number of amides is 1. The molecule has 1 fully saturated rings. The standard InChI is InChI=1S/C31H34N2O6/c1-7-14-39-26-13-10-21(15-19(26)2)29(34)27-28(20-8-11-22(12-9-20)32(3)4)33(31(36)30(27)35)23-16-24(37-5)18-25(17-23)38-6/h8-13,15-18,28,34H,7,14H2,1-6H3/b29-27+. The number of nitrogens with zero attached hydrogens (tertiary/aromatic N) is 2. The van der Waals surface area contributed by atoms with Gasteiger partial charge >= 0.3 is 0 Å². The second-order valence-electron chi connectivity index (χ2n) is 9.55. The van der Waals surface area contributed by atoms with Crippen LogP contribution < -0.4 is 24.0 Å². The van der Waals surface area contributed by atoms with Crippen molar-refractivity contribution in [3.05, 3.63) is 82.9 Å². The van der Waals surface area contributed by atoms with E-state index in [0.29, 0.717) is 40.7 Å². The molecular weight excluding hydrogens is 496 g/mol. The predicted octanol–water partition coefficient (Wildman–Crippen LogP) is 5.49. The largest absolute Gasteiger partial charge is 0.507 e. The molecule has 0 spiro atoms. The second kappa shape index (κ2) is 11.5. The Hall–Kier alpha value is -4.46. The molecule has 1 aliphatic heterocycles. The lowest BCUT2D eigenvalue weighted by atomic mass is 9.94. The lowest BCUT2D eigenvalue weighted by molar-refractivity contribution is -0.132. The van der Waals surface area contributed by atoms with Gasteiger partial charge in [-0.15, -0.1) is 0 Å². The number of rotatable bonds is 9. The van der Waals surface area contributed by atoms with E-state index in [-0.39, 0.29) is 11.3 Å². The molecule has 0 saturated carbocycles. The number of ether oxygens (including phenoxy) is 3. The monoisotopic (exact) mass is 530 g/mol. The Morgan fingerprint density at radius 3 is 2.13 bits per heavy atom. The summed E-state index contributed by atoms with van der Waals surface area (Å²) in [6.07, 6.45) is 0.867. The molecule has 1 aliphatic rings. The van der Waals surface area contributed by atoms with Gasteiger partial charge in [0.25, 0.3) is 11.7 Å². The van der Waals surface area contributed by atoms with Crippen LogP contribution in [-0.2, 0) is 9.59 Å². The van der Waals surface area contributed by atoms with Gasteiger partial charge in [0.15, 0.2) is 0 Å². The normalized spacial score (nSPS) is 16.4. The second-order valence-corrected chi connectivity index (χ2v) is 9.55. The van der Waals surface area contributed by atoms with Crippen molar-refractivity contribution in [3.63, 3.8) is 0 Å². The van der Waals surface area contributed by atoms with Crippen LogP contribution in [0.15, 0.2) is 66.2 Å². The molecule has 0 bridgehead atoms. The first-order valence-corrected chi connectivity index (χ1v) is 12.7. The molecule has 1 atom stereocenters. The van der Waals surface area contributed by atoms with Crippen molar-refractivity contribution in [1.82, 2.24) is 0 Å². The molecule has 8 nitrogen and oxygen atoms in total. The number of aryl methyl sites for hydroxylation is 1. The molecule has 1 saturated heterocycles. The molecule has 1 amide bonds. The minimum atomic E-state index is -0.880. The van der Waals surface area contributed by atoms with E-state index < -0.39 is 17.7 Å². The molecule has 204 valence electrons.